The monoisotopic (exact) mass is 630 g/mol. The minimum absolute atomic E-state index is 0.0701. The highest BCUT2D eigenvalue weighted by Gasteiger charge is 2.24. The fraction of sp³-hybridized carbons (Fsp3) is 0.914. The Hall–Kier alpha value is -1.07. The lowest BCUT2D eigenvalue weighted by Gasteiger charge is -2.20. The highest BCUT2D eigenvalue weighted by atomic mass is 16.5. The Morgan fingerprint density at radius 2 is 1.00 bits per heavy atom. The molecule has 5 N–H and O–H groups in total. The fourth-order valence-electron chi connectivity index (χ4n) is 5.51. The predicted molar refractivity (Wildman–Crippen MR) is 173 cm³/mol. The van der Waals surface area contributed by atoms with E-state index in [1.165, 1.54) is 38.5 Å². The number of ether oxygens (including phenoxy) is 3. The van der Waals surface area contributed by atoms with Crippen molar-refractivity contribution in [3.63, 3.8) is 0 Å². The smallest absolute Gasteiger partial charge is 0.334 e. The Morgan fingerprint density at radius 1 is 0.614 bits per heavy atom. The van der Waals surface area contributed by atoms with E-state index in [1.807, 2.05) is 6.92 Å². The van der Waals surface area contributed by atoms with Gasteiger partial charge in [-0.3, -0.25) is 0 Å². The maximum absolute atomic E-state index is 11.6. The molecule has 9 heteroatoms. The summed E-state index contributed by atoms with van der Waals surface area (Å²) in [7, 11) is 0. The molecule has 0 fully saturated rings. The molecule has 1 rings (SSSR count). The molecule has 1 aliphatic rings. The normalized spacial score (nSPS) is 18.6. The molecule has 0 saturated carbocycles. The molecule has 1 aliphatic heterocycles. The van der Waals surface area contributed by atoms with Crippen LogP contribution in [-0.4, -0.2) is 94.6 Å². The topological polar surface area (TPSA) is 146 Å². The molecule has 0 unspecified atom stereocenters. The molecular formula is C35H66O9. The number of carbonyl (C=O) groups is 1. The lowest BCUT2D eigenvalue weighted by molar-refractivity contribution is -0.139. The summed E-state index contributed by atoms with van der Waals surface area (Å²) in [5.74, 6) is -0.302. The highest BCUT2D eigenvalue weighted by molar-refractivity contribution is 5.90. The maximum atomic E-state index is 11.6. The largest absolute Gasteiger partial charge is 0.455 e. The summed E-state index contributed by atoms with van der Waals surface area (Å²) in [5, 5.41) is 50.5. The third-order valence-electron chi connectivity index (χ3n) is 8.30. The number of hydrogen-bond acceptors (Lipinski definition) is 9. The van der Waals surface area contributed by atoms with Crippen molar-refractivity contribution in [3.05, 3.63) is 11.6 Å². The highest BCUT2D eigenvalue weighted by Crippen LogP contribution is 2.21. The van der Waals surface area contributed by atoms with E-state index in [0.29, 0.717) is 31.3 Å². The average molecular weight is 631 g/mol. The average Bonchev–Trinajstić information content (AvgIpc) is 3.30. The standard InChI is InChI=1S/C35H66O9/c1-3-4-5-6-7-10-14-17-20-31(37)24-42-26-33(39)34(40)27-43-25-32(38)21-18-15-12-9-8-11-13-16-19-30(36)23-29-22-28(2)44-35(29)41/h22,28,30-34,36-40H,3-21,23-27H2,1-2H3/t28-,30+,31-,32-,33-,34-/m0/s1. The summed E-state index contributed by atoms with van der Waals surface area (Å²) in [6.45, 7) is 4.15. The molecule has 260 valence electrons. The predicted octanol–water partition coefficient (Wildman–Crippen LogP) is 5.52. The van der Waals surface area contributed by atoms with Crippen molar-refractivity contribution < 1.29 is 44.5 Å². The second-order valence-electron chi connectivity index (χ2n) is 12.8. The lowest BCUT2D eigenvalue weighted by Crippen LogP contribution is -2.36. The number of carbonyl (C=O) groups excluding carboxylic acids is 1. The zero-order valence-electron chi connectivity index (χ0n) is 27.9. The summed E-state index contributed by atoms with van der Waals surface area (Å²) in [5.41, 5.74) is 0.593. The van der Waals surface area contributed by atoms with Crippen LogP contribution in [0.5, 0.6) is 0 Å². The molecule has 0 aromatic carbocycles. The van der Waals surface area contributed by atoms with Gasteiger partial charge in [0, 0.05) is 12.0 Å². The van der Waals surface area contributed by atoms with Crippen LogP contribution in [0.15, 0.2) is 11.6 Å². The van der Waals surface area contributed by atoms with Crippen LogP contribution in [0.3, 0.4) is 0 Å². The molecule has 0 aromatic heterocycles. The summed E-state index contributed by atoms with van der Waals surface area (Å²) in [4.78, 5) is 11.6. The van der Waals surface area contributed by atoms with Crippen LogP contribution in [0.2, 0.25) is 0 Å². The molecule has 0 amide bonds. The number of aliphatic hydroxyl groups is 5. The van der Waals surface area contributed by atoms with E-state index >= 15 is 0 Å². The Morgan fingerprint density at radius 3 is 1.39 bits per heavy atom. The Bertz CT molecular complexity index is 716. The molecule has 1 heterocycles. The van der Waals surface area contributed by atoms with Crippen LogP contribution in [0.1, 0.15) is 142 Å². The van der Waals surface area contributed by atoms with Gasteiger partial charge in [0.25, 0.3) is 0 Å². The van der Waals surface area contributed by atoms with Gasteiger partial charge in [-0.05, 0) is 32.3 Å². The Labute approximate surface area is 267 Å². The van der Waals surface area contributed by atoms with E-state index in [1.54, 1.807) is 6.08 Å². The first-order valence-electron chi connectivity index (χ1n) is 17.7. The van der Waals surface area contributed by atoms with Crippen LogP contribution in [0.4, 0.5) is 0 Å². The van der Waals surface area contributed by atoms with Crippen LogP contribution in [-0.2, 0) is 19.0 Å². The Kier molecular flexibility index (Phi) is 25.2. The molecule has 9 nitrogen and oxygen atoms in total. The van der Waals surface area contributed by atoms with Crippen LogP contribution in [0, 0.1) is 0 Å². The Balaban J connectivity index is 1.89. The molecule has 0 aromatic rings. The molecule has 0 radical (unpaired) electrons. The third kappa shape index (κ3) is 22.4. The van der Waals surface area contributed by atoms with E-state index in [0.717, 1.165) is 64.2 Å². The van der Waals surface area contributed by atoms with Crippen molar-refractivity contribution >= 4 is 5.97 Å². The maximum Gasteiger partial charge on any atom is 0.334 e. The van der Waals surface area contributed by atoms with E-state index < -0.39 is 30.5 Å². The van der Waals surface area contributed by atoms with Crippen LogP contribution < -0.4 is 0 Å². The van der Waals surface area contributed by atoms with Crippen molar-refractivity contribution in [2.45, 2.75) is 179 Å². The quantitative estimate of drug-likeness (QED) is 0.0494. The van der Waals surface area contributed by atoms with E-state index in [2.05, 4.69) is 6.92 Å². The second-order valence-corrected chi connectivity index (χ2v) is 12.8. The number of hydrogen-bond donors (Lipinski definition) is 5. The number of unbranched alkanes of at least 4 members (excludes halogenated alkanes) is 14. The first-order chi connectivity index (χ1) is 21.2. The second kappa shape index (κ2) is 27.1. The lowest BCUT2D eigenvalue weighted by atomic mass is 10.0. The SMILES string of the molecule is CCCCCCCCCC[C@H](O)COC[C@H](O)[C@@H](O)COC[C@@H](O)CCCCCCCCCC[C@@H](O)CC1=C[C@H](C)OC1=O. The van der Waals surface area contributed by atoms with Gasteiger partial charge in [-0.2, -0.15) is 0 Å². The molecule has 0 aliphatic carbocycles. The van der Waals surface area contributed by atoms with Gasteiger partial charge in [0.2, 0.25) is 0 Å². The van der Waals surface area contributed by atoms with E-state index in [-0.39, 0.29) is 38.5 Å². The van der Waals surface area contributed by atoms with Gasteiger partial charge in [-0.15, -0.1) is 0 Å². The molecule has 6 atom stereocenters. The van der Waals surface area contributed by atoms with Crippen molar-refractivity contribution in [2.24, 2.45) is 0 Å². The number of cyclic esters (lactones) is 1. The summed E-state index contributed by atoms with van der Waals surface area (Å²) < 4.78 is 15.9. The van der Waals surface area contributed by atoms with Gasteiger partial charge >= 0.3 is 5.97 Å². The van der Waals surface area contributed by atoms with Crippen LogP contribution >= 0.6 is 0 Å². The molecule has 44 heavy (non-hydrogen) atoms. The first-order valence-corrected chi connectivity index (χ1v) is 17.7. The van der Waals surface area contributed by atoms with Crippen molar-refractivity contribution in [2.75, 3.05) is 26.4 Å². The number of esters is 1. The molecule has 0 saturated heterocycles. The van der Waals surface area contributed by atoms with Gasteiger partial charge in [0.15, 0.2) is 0 Å². The minimum Gasteiger partial charge on any atom is -0.455 e. The first kappa shape index (κ1) is 41.0. The van der Waals surface area contributed by atoms with Gasteiger partial charge in [-0.25, -0.2) is 4.79 Å². The van der Waals surface area contributed by atoms with Gasteiger partial charge in [0.05, 0.1) is 44.7 Å². The van der Waals surface area contributed by atoms with E-state index in [4.69, 9.17) is 14.2 Å². The van der Waals surface area contributed by atoms with Gasteiger partial charge < -0.3 is 39.7 Å². The van der Waals surface area contributed by atoms with Gasteiger partial charge in [-0.1, -0.05) is 110 Å². The van der Waals surface area contributed by atoms with Crippen LogP contribution in [0.25, 0.3) is 0 Å². The summed E-state index contributed by atoms with van der Waals surface area (Å²) in [6.07, 6.45) is 18.4. The fourth-order valence-corrected chi connectivity index (χ4v) is 5.51. The van der Waals surface area contributed by atoms with Crippen molar-refractivity contribution in [1.29, 1.82) is 0 Å². The molecule has 0 spiro atoms. The van der Waals surface area contributed by atoms with E-state index in [9.17, 15) is 30.3 Å². The van der Waals surface area contributed by atoms with Gasteiger partial charge in [0.1, 0.15) is 18.3 Å². The van der Waals surface area contributed by atoms with Crippen molar-refractivity contribution in [3.8, 4) is 0 Å². The minimum atomic E-state index is -1.11. The third-order valence-corrected chi connectivity index (χ3v) is 8.30. The summed E-state index contributed by atoms with van der Waals surface area (Å²) >= 11 is 0. The number of rotatable bonds is 31. The zero-order chi connectivity index (χ0) is 32.4. The molecular weight excluding hydrogens is 564 g/mol. The van der Waals surface area contributed by atoms with Crippen molar-refractivity contribution in [1.82, 2.24) is 0 Å². The zero-order valence-corrected chi connectivity index (χ0v) is 27.9. The number of aliphatic hydroxyl groups excluding tert-OH is 5. The molecule has 0 bridgehead atoms. The summed E-state index contributed by atoms with van der Waals surface area (Å²) in [6, 6.07) is 0.